The summed E-state index contributed by atoms with van der Waals surface area (Å²) in [5.41, 5.74) is 2.49. The van der Waals surface area contributed by atoms with Crippen LogP contribution in [-0.4, -0.2) is 39.8 Å². The highest BCUT2D eigenvalue weighted by Gasteiger charge is 2.24. The van der Waals surface area contributed by atoms with E-state index in [0.717, 1.165) is 53.3 Å². The number of anilines is 1. The van der Waals surface area contributed by atoms with Gasteiger partial charge in [-0.25, -0.2) is 0 Å². The molecule has 1 aliphatic rings. The molecule has 0 spiro atoms. The molecule has 5 rings (SSSR count). The number of amides is 1. The number of aryl methyl sites for hydroxylation is 1. The normalized spacial score (nSPS) is 17.0. The molecule has 0 saturated carbocycles. The molecule has 1 atom stereocenters. The maximum atomic E-state index is 13.2. The van der Waals surface area contributed by atoms with E-state index in [2.05, 4.69) is 26.4 Å². The standard InChI is InChI=1S/C23H23N5O/c1-27-15-18(13-25-27)28-11-5-7-17(14-28)26-23(29)21-12-16-6-2-3-8-19(16)20-9-4-10-24-22(20)21/h2-4,6,8-10,12-13,15,17H,5,7,11,14H2,1H3,(H,26,29). The molecular formula is C23H23N5O. The van der Waals surface area contributed by atoms with Gasteiger partial charge in [0.2, 0.25) is 0 Å². The lowest BCUT2D eigenvalue weighted by Crippen LogP contribution is -2.47. The third kappa shape index (κ3) is 3.31. The first-order chi connectivity index (χ1) is 14.2. The SMILES string of the molecule is Cn1cc(N2CCCC(NC(=O)c3cc4ccccc4c4cccnc34)C2)cn1. The molecule has 3 heterocycles. The maximum absolute atomic E-state index is 13.2. The Morgan fingerprint density at radius 1 is 1.17 bits per heavy atom. The van der Waals surface area contributed by atoms with Crippen LogP contribution >= 0.6 is 0 Å². The summed E-state index contributed by atoms with van der Waals surface area (Å²) in [4.78, 5) is 20.1. The second-order valence-corrected chi connectivity index (χ2v) is 7.68. The number of nitrogens with one attached hydrogen (secondary N) is 1. The van der Waals surface area contributed by atoms with E-state index in [1.807, 2.05) is 60.5 Å². The number of rotatable bonds is 3. The zero-order chi connectivity index (χ0) is 19.8. The van der Waals surface area contributed by atoms with Gasteiger partial charge >= 0.3 is 0 Å². The van der Waals surface area contributed by atoms with Crippen LogP contribution in [0.25, 0.3) is 21.7 Å². The van der Waals surface area contributed by atoms with Gasteiger partial charge in [0.15, 0.2) is 0 Å². The Bertz CT molecular complexity index is 1200. The number of aromatic nitrogens is 3. The van der Waals surface area contributed by atoms with Crippen LogP contribution < -0.4 is 10.2 Å². The molecule has 0 aliphatic carbocycles. The summed E-state index contributed by atoms with van der Waals surface area (Å²) in [7, 11) is 1.92. The molecule has 1 unspecified atom stereocenters. The van der Waals surface area contributed by atoms with Gasteiger partial charge in [-0.15, -0.1) is 0 Å². The number of pyridine rings is 1. The molecule has 146 valence electrons. The lowest BCUT2D eigenvalue weighted by Gasteiger charge is -2.33. The molecule has 1 amide bonds. The topological polar surface area (TPSA) is 63.0 Å². The second kappa shape index (κ2) is 7.20. The Labute approximate surface area is 169 Å². The molecule has 1 saturated heterocycles. The van der Waals surface area contributed by atoms with E-state index < -0.39 is 0 Å². The number of hydrogen-bond acceptors (Lipinski definition) is 4. The van der Waals surface area contributed by atoms with Gasteiger partial charge in [0.05, 0.1) is 23.0 Å². The number of carbonyl (C=O) groups excluding carboxylic acids is 1. The minimum absolute atomic E-state index is 0.0579. The first-order valence-electron chi connectivity index (χ1n) is 10.00. The number of hydrogen-bond donors (Lipinski definition) is 1. The lowest BCUT2D eigenvalue weighted by atomic mass is 9.99. The Hall–Kier alpha value is -3.41. The molecule has 0 bridgehead atoms. The molecule has 4 aromatic rings. The van der Waals surface area contributed by atoms with Crippen LogP contribution in [0.15, 0.2) is 61.1 Å². The third-order valence-electron chi connectivity index (χ3n) is 5.67. The summed E-state index contributed by atoms with van der Waals surface area (Å²) < 4.78 is 1.81. The van der Waals surface area contributed by atoms with Crippen LogP contribution in [0, 0.1) is 0 Å². The van der Waals surface area contributed by atoms with Crippen LogP contribution in [0.2, 0.25) is 0 Å². The van der Waals surface area contributed by atoms with E-state index >= 15 is 0 Å². The van der Waals surface area contributed by atoms with Crippen LogP contribution in [-0.2, 0) is 7.05 Å². The van der Waals surface area contributed by atoms with E-state index in [1.165, 1.54) is 0 Å². The monoisotopic (exact) mass is 385 g/mol. The van der Waals surface area contributed by atoms with Gasteiger partial charge in [-0.2, -0.15) is 5.10 Å². The highest BCUT2D eigenvalue weighted by Crippen LogP contribution is 2.27. The first kappa shape index (κ1) is 17.7. The van der Waals surface area contributed by atoms with Gasteiger partial charge in [-0.1, -0.05) is 30.3 Å². The highest BCUT2D eigenvalue weighted by atomic mass is 16.1. The Morgan fingerprint density at radius 2 is 2.03 bits per heavy atom. The molecule has 2 aromatic carbocycles. The quantitative estimate of drug-likeness (QED) is 0.548. The number of carbonyl (C=O) groups is 1. The number of nitrogens with zero attached hydrogens (tertiary/aromatic N) is 4. The van der Waals surface area contributed by atoms with E-state index in [-0.39, 0.29) is 11.9 Å². The number of fused-ring (bicyclic) bond motifs is 3. The van der Waals surface area contributed by atoms with Crippen LogP contribution in [0.5, 0.6) is 0 Å². The Balaban J connectivity index is 1.44. The predicted octanol–water partition coefficient (Wildman–Crippen LogP) is 3.52. The van der Waals surface area contributed by atoms with E-state index in [4.69, 9.17) is 0 Å². The zero-order valence-corrected chi connectivity index (χ0v) is 16.4. The summed E-state index contributed by atoms with van der Waals surface area (Å²) in [6.07, 6.45) is 7.66. The molecular weight excluding hydrogens is 362 g/mol. The fourth-order valence-corrected chi connectivity index (χ4v) is 4.27. The number of piperidine rings is 1. The van der Waals surface area contributed by atoms with Crippen molar-refractivity contribution in [2.45, 2.75) is 18.9 Å². The zero-order valence-electron chi connectivity index (χ0n) is 16.4. The summed E-state index contributed by atoms with van der Waals surface area (Å²) in [5, 5.41) is 10.7. The molecule has 2 aromatic heterocycles. The Morgan fingerprint density at radius 3 is 2.90 bits per heavy atom. The van der Waals surface area contributed by atoms with Crippen molar-refractivity contribution in [2.75, 3.05) is 18.0 Å². The van der Waals surface area contributed by atoms with Gasteiger partial charge < -0.3 is 10.2 Å². The fraction of sp³-hybridized carbons (Fsp3) is 0.261. The van der Waals surface area contributed by atoms with Gasteiger partial charge in [0, 0.05) is 44.0 Å². The van der Waals surface area contributed by atoms with Crippen molar-refractivity contribution in [3.8, 4) is 0 Å². The van der Waals surface area contributed by atoms with Crippen molar-refractivity contribution in [3.63, 3.8) is 0 Å². The first-order valence-corrected chi connectivity index (χ1v) is 10.00. The molecule has 6 heteroatoms. The fourth-order valence-electron chi connectivity index (χ4n) is 4.27. The van der Waals surface area contributed by atoms with Crippen LogP contribution in [0.4, 0.5) is 5.69 Å². The largest absolute Gasteiger partial charge is 0.367 e. The molecule has 1 N–H and O–H groups in total. The van der Waals surface area contributed by atoms with Crippen LogP contribution in [0.3, 0.4) is 0 Å². The average molecular weight is 385 g/mol. The molecule has 29 heavy (non-hydrogen) atoms. The van der Waals surface area contributed by atoms with Gasteiger partial charge in [0.25, 0.3) is 5.91 Å². The minimum atomic E-state index is -0.0579. The van der Waals surface area contributed by atoms with Crippen LogP contribution in [0.1, 0.15) is 23.2 Å². The predicted molar refractivity (Wildman–Crippen MR) is 115 cm³/mol. The second-order valence-electron chi connectivity index (χ2n) is 7.68. The smallest absolute Gasteiger partial charge is 0.253 e. The van der Waals surface area contributed by atoms with Crippen molar-refractivity contribution in [3.05, 3.63) is 66.6 Å². The minimum Gasteiger partial charge on any atom is -0.367 e. The average Bonchev–Trinajstić information content (AvgIpc) is 3.20. The van der Waals surface area contributed by atoms with Crippen molar-refractivity contribution in [2.24, 2.45) is 7.05 Å². The van der Waals surface area contributed by atoms with Crippen molar-refractivity contribution in [1.82, 2.24) is 20.1 Å². The summed E-state index contributed by atoms with van der Waals surface area (Å²) >= 11 is 0. The van der Waals surface area contributed by atoms with E-state index in [0.29, 0.717) is 5.56 Å². The van der Waals surface area contributed by atoms with Gasteiger partial charge in [-0.05, 0) is 35.7 Å². The molecule has 1 fully saturated rings. The summed E-state index contributed by atoms with van der Waals surface area (Å²) in [6.45, 7) is 1.77. The third-order valence-corrected chi connectivity index (χ3v) is 5.67. The summed E-state index contributed by atoms with van der Waals surface area (Å²) in [5.74, 6) is -0.0579. The summed E-state index contributed by atoms with van der Waals surface area (Å²) in [6, 6.07) is 14.2. The van der Waals surface area contributed by atoms with E-state index in [9.17, 15) is 4.79 Å². The van der Waals surface area contributed by atoms with Crippen molar-refractivity contribution < 1.29 is 4.79 Å². The molecule has 6 nitrogen and oxygen atoms in total. The molecule has 1 aliphatic heterocycles. The van der Waals surface area contributed by atoms with E-state index in [1.54, 1.807) is 6.20 Å². The molecule has 0 radical (unpaired) electrons. The Kier molecular flexibility index (Phi) is 4.39. The highest BCUT2D eigenvalue weighted by molar-refractivity contribution is 6.15. The van der Waals surface area contributed by atoms with Crippen molar-refractivity contribution in [1.29, 1.82) is 0 Å². The van der Waals surface area contributed by atoms with Crippen molar-refractivity contribution >= 4 is 33.3 Å². The van der Waals surface area contributed by atoms with Gasteiger partial charge in [-0.3, -0.25) is 14.5 Å². The van der Waals surface area contributed by atoms with Gasteiger partial charge in [0.1, 0.15) is 0 Å². The maximum Gasteiger partial charge on any atom is 0.253 e. The lowest BCUT2D eigenvalue weighted by molar-refractivity contribution is 0.0935. The number of benzene rings is 2.